The van der Waals surface area contributed by atoms with Crippen LogP contribution in [0.3, 0.4) is 0 Å². The standard InChI is InChI=1S/C12H16FN3O4/c1-5(2)12-9(17)11(12,19)7(13)8(20-12)16-4-3-6(14)15-10(16)18/h3-5,7-9,17,19H,1-2H3,(H2,14,15,18). The zero-order valence-corrected chi connectivity index (χ0v) is 11.0. The van der Waals surface area contributed by atoms with E-state index in [1.807, 2.05) is 0 Å². The fourth-order valence-electron chi connectivity index (χ4n) is 3.19. The van der Waals surface area contributed by atoms with Crippen molar-refractivity contribution >= 4 is 5.82 Å². The second-order valence-electron chi connectivity index (χ2n) is 5.63. The van der Waals surface area contributed by atoms with E-state index in [1.165, 1.54) is 12.3 Å². The molecule has 8 heteroatoms. The molecule has 20 heavy (non-hydrogen) atoms. The van der Waals surface area contributed by atoms with Gasteiger partial charge in [0.05, 0.1) is 0 Å². The van der Waals surface area contributed by atoms with Crippen LogP contribution in [0.4, 0.5) is 10.2 Å². The van der Waals surface area contributed by atoms with E-state index in [9.17, 15) is 19.4 Å². The second kappa shape index (κ2) is 3.78. The molecule has 1 aromatic rings. The molecular weight excluding hydrogens is 269 g/mol. The zero-order chi connectivity index (χ0) is 14.9. The normalized spacial score (nSPS) is 42.8. The Morgan fingerprint density at radius 3 is 2.75 bits per heavy atom. The molecule has 2 aliphatic rings. The summed E-state index contributed by atoms with van der Waals surface area (Å²) in [5.74, 6) is -0.301. The second-order valence-corrected chi connectivity index (χ2v) is 5.63. The van der Waals surface area contributed by atoms with Crippen LogP contribution in [0, 0.1) is 5.92 Å². The first kappa shape index (κ1) is 13.5. The van der Waals surface area contributed by atoms with Gasteiger partial charge >= 0.3 is 5.69 Å². The Hall–Kier alpha value is -1.51. The Kier molecular flexibility index (Phi) is 2.54. The predicted molar refractivity (Wildman–Crippen MR) is 66.5 cm³/mol. The van der Waals surface area contributed by atoms with Gasteiger partial charge in [-0.15, -0.1) is 0 Å². The highest BCUT2D eigenvalue weighted by Gasteiger charge is 2.88. The number of hydrogen-bond acceptors (Lipinski definition) is 6. The van der Waals surface area contributed by atoms with Gasteiger partial charge in [0.15, 0.2) is 18.0 Å². The summed E-state index contributed by atoms with van der Waals surface area (Å²) in [5.41, 5.74) is 1.22. The highest BCUT2D eigenvalue weighted by atomic mass is 19.1. The molecule has 2 fully saturated rings. The lowest BCUT2D eigenvalue weighted by atomic mass is 10.0. The van der Waals surface area contributed by atoms with Gasteiger partial charge < -0.3 is 20.7 Å². The molecule has 7 nitrogen and oxygen atoms in total. The molecule has 0 radical (unpaired) electrons. The van der Waals surface area contributed by atoms with Crippen LogP contribution in [0.25, 0.3) is 0 Å². The number of alkyl halides is 1. The smallest absolute Gasteiger partial charge is 0.351 e. The number of nitrogen functional groups attached to an aromatic ring is 1. The molecule has 2 heterocycles. The quantitative estimate of drug-likeness (QED) is 0.655. The molecule has 0 spiro atoms. The molecule has 5 unspecified atom stereocenters. The van der Waals surface area contributed by atoms with Crippen LogP contribution in [0.1, 0.15) is 20.1 Å². The van der Waals surface area contributed by atoms with Crippen molar-refractivity contribution in [3.63, 3.8) is 0 Å². The average Bonchev–Trinajstić information content (AvgIpc) is 2.73. The van der Waals surface area contributed by atoms with Crippen LogP contribution in [0.5, 0.6) is 0 Å². The molecule has 4 N–H and O–H groups in total. The van der Waals surface area contributed by atoms with Crippen LogP contribution < -0.4 is 11.4 Å². The van der Waals surface area contributed by atoms with E-state index in [0.717, 1.165) is 4.57 Å². The summed E-state index contributed by atoms with van der Waals surface area (Å²) in [6.45, 7) is 3.42. The summed E-state index contributed by atoms with van der Waals surface area (Å²) >= 11 is 0. The Morgan fingerprint density at radius 1 is 1.60 bits per heavy atom. The van der Waals surface area contributed by atoms with Crippen molar-refractivity contribution < 1.29 is 19.3 Å². The van der Waals surface area contributed by atoms with Gasteiger partial charge in [0.1, 0.15) is 17.5 Å². The van der Waals surface area contributed by atoms with E-state index in [4.69, 9.17) is 10.5 Å². The summed E-state index contributed by atoms with van der Waals surface area (Å²) in [7, 11) is 0. The first-order chi connectivity index (χ1) is 9.26. The fraction of sp³-hybridized carbons (Fsp3) is 0.667. The fourth-order valence-corrected chi connectivity index (χ4v) is 3.19. The predicted octanol–water partition coefficient (Wildman–Crippen LogP) is -0.807. The van der Waals surface area contributed by atoms with Crippen molar-refractivity contribution in [2.45, 2.75) is 43.6 Å². The monoisotopic (exact) mass is 285 g/mol. The van der Waals surface area contributed by atoms with Gasteiger partial charge in [-0.2, -0.15) is 4.98 Å². The Bertz CT molecular complexity index is 621. The maximum atomic E-state index is 14.5. The van der Waals surface area contributed by atoms with Crippen molar-refractivity contribution in [3.05, 3.63) is 22.7 Å². The zero-order valence-electron chi connectivity index (χ0n) is 11.0. The van der Waals surface area contributed by atoms with Crippen molar-refractivity contribution in [2.75, 3.05) is 5.73 Å². The lowest BCUT2D eigenvalue weighted by Gasteiger charge is -2.23. The first-order valence-electron chi connectivity index (χ1n) is 6.33. The molecular formula is C12H16FN3O4. The van der Waals surface area contributed by atoms with Crippen LogP contribution in [-0.4, -0.2) is 43.2 Å². The van der Waals surface area contributed by atoms with Crippen LogP contribution in [0.2, 0.25) is 0 Å². The number of nitrogens with two attached hydrogens (primary N) is 1. The number of aliphatic hydroxyl groups excluding tert-OH is 1. The molecule has 1 aromatic heterocycles. The van der Waals surface area contributed by atoms with Gasteiger partial charge in [0.2, 0.25) is 0 Å². The van der Waals surface area contributed by atoms with Gasteiger partial charge in [0, 0.05) is 6.20 Å². The number of halogens is 1. The summed E-state index contributed by atoms with van der Waals surface area (Å²) in [5, 5.41) is 20.1. The molecule has 1 saturated carbocycles. The van der Waals surface area contributed by atoms with Crippen molar-refractivity contribution in [3.8, 4) is 0 Å². The molecule has 1 aliphatic heterocycles. The van der Waals surface area contributed by atoms with Gasteiger partial charge in [-0.3, -0.25) is 4.57 Å². The lowest BCUT2D eigenvalue weighted by Crippen LogP contribution is -2.38. The third kappa shape index (κ3) is 1.28. The topological polar surface area (TPSA) is 111 Å². The van der Waals surface area contributed by atoms with Crippen LogP contribution >= 0.6 is 0 Å². The highest BCUT2D eigenvalue weighted by molar-refractivity contribution is 5.36. The van der Waals surface area contributed by atoms with E-state index in [-0.39, 0.29) is 11.7 Å². The number of aromatic nitrogens is 2. The minimum absolute atomic E-state index is 0.0159. The number of hydrogen-bond donors (Lipinski definition) is 3. The lowest BCUT2D eigenvalue weighted by molar-refractivity contribution is -0.107. The average molecular weight is 285 g/mol. The van der Waals surface area contributed by atoms with Gasteiger partial charge in [-0.25, -0.2) is 9.18 Å². The summed E-state index contributed by atoms with van der Waals surface area (Å²) in [6.07, 6.45) is -3.30. The van der Waals surface area contributed by atoms with Gasteiger partial charge in [-0.1, -0.05) is 13.8 Å². The summed E-state index contributed by atoms with van der Waals surface area (Å²) in [4.78, 5) is 15.2. The molecule has 1 aliphatic carbocycles. The largest absolute Gasteiger partial charge is 0.387 e. The molecule has 5 atom stereocenters. The van der Waals surface area contributed by atoms with Crippen molar-refractivity contribution in [1.29, 1.82) is 0 Å². The molecule has 1 saturated heterocycles. The minimum Gasteiger partial charge on any atom is -0.387 e. The van der Waals surface area contributed by atoms with E-state index < -0.39 is 35.4 Å². The van der Waals surface area contributed by atoms with Gasteiger partial charge in [-0.05, 0) is 12.0 Å². The first-order valence-corrected chi connectivity index (χ1v) is 6.33. The van der Waals surface area contributed by atoms with Crippen molar-refractivity contribution in [2.24, 2.45) is 5.92 Å². The summed E-state index contributed by atoms with van der Waals surface area (Å²) in [6, 6.07) is 1.34. The van der Waals surface area contributed by atoms with E-state index >= 15 is 0 Å². The van der Waals surface area contributed by atoms with E-state index in [2.05, 4.69) is 4.98 Å². The molecule has 110 valence electrons. The number of ether oxygens (including phenoxy) is 1. The maximum absolute atomic E-state index is 14.5. The third-order valence-electron chi connectivity index (χ3n) is 4.34. The SMILES string of the molecule is CC(C)C12OC(n3ccc(N)nc3=O)C(F)C1(O)C2O. The molecule has 3 rings (SSSR count). The highest BCUT2D eigenvalue weighted by Crippen LogP contribution is 2.66. The number of nitrogens with zero attached hydrogens (tertiary/aromatic N) is 2. The number of aliphatic hydroxyl groups is 2. The maximum Gasteiger partial charge on any atom is 0.351 e. The number of fused-ring (bicyclic) bond motifs is 1. The van der Waals surface area contributed by atoms with E-state index in [0.29, 0.717) is 0 Å². The third-order valence-corrected chi connectivity index (χ3v) is 4.34. The summed E-state index contributed by atoms with van der Waals surface area (Å²) < 4.78 is 20.9. The Labute approximate surface area is 113 Å². The van der Waals surface area contributed by atoms with E-state index in [1.54, 1.807) is 13.8 Å². The van der Waals surface area contributed by atoms with Crippen LogP contribution in [0.15, 0.2) is 17.1 Å². The molecule has 0 aromatic carbocycles. The minimum atomic E-state index is -1.99. The number of anilines is 1. The molecule has 0 amide bonds. The Balaban J connectivity index is 2.02. The molecule has 0 bridgehead atoms. The van der Waals surface area contributed by atoms with Gasteiger partial charge in [0.25, 0.3) is 0 Å². The van der Waals surface area contributed by atoms with Crippen LogP contribution in [-0.2, 0) is 4.74 Å². The Morgan fingerprint density at radius 2 is 2.25 bits per heavy atom. The van der Waals surface area contributed by atoms with Crippen molar-refractivity contribution in [1.82, 2.24) is 9.55 Å². The number of rotatable bonds is 2.